The van der Waals surface area contributed by atoms with Crippen molar-refractivity contribution in [2.75, 3.05) is 33.4 Å². The van der Waals surface area contributed by atoms with Crippen LogP contribution in [-0.4, -0.2) is 81.6 Å². The van der Waals surface area contributed by atoms with E-state index in [2.05, 4.69) is 75.6 Å². The zero-order chi connectivity index (χ0) is 40.2. The van der Waals surface area contributed by atoms with E-state index >= 15 is 0 Å². The minimum atomic E-state index is -1.08. The van der Waals surface area contributed by atoms with E-state index in [-0.39, 0.29) is 44.0 Å². The van der Waals surface area contributed by atoms with Crippen LogP contribution in [0.3, 0.4) is 0 Å². The molecule has 3 aromatic carbocycles. The summed E-state index contributed by atoms with van der Waals surface area (Å²) in [4.78, 5) is 32.7. The van der Waals surface area contributed by atoms with Gasteiger partial charge in [0.25, 0.3) is 0 Å². The number of benzene rings is 3. The van der Waals surface area contributed by atoms with Crippen LogP contribution in [0.4, 0.5) is 0 Å². The zero-order valence-corrected chi connectivity index (χ0v) is 32.4. The number of aliphatic hydroxyl groups excluding tert-OH is 1. The molecule has 0 amide bonds. The van der Waals surface area contributed by atoms with Crippen molar-refractivity contribution in [2.45, 2.75) is 57.9 Å². The molecule has 5 N–H and O–H groups in total. The maximum absolute atomic E-state index is 11.6. The number of aliphatic carboxylic acids is 2. The first kappa shape index (κ1) is 39.6. The third-order valence-electron chi connectivity index (χ3n) is 10.8. The van der Waals surface area contributed by atoms with E-state index in [1.54, 1.807) is 6.07 Å². The number of carbonyl (C=O) groups is 2. The van der Waals surface area contributed by atoms with Gasteiger partial charge >= 0.3 is 11.9 Å². The van der Waals surface area contributed by atoms with Gasteiger partial charge in [-0.15, -0.1) is 0 Å². The Bertz CT molecular complexity index is 2360. The number of aromatic nitrogens is 2. The molecule has 0 bridgehead atoms. The molecule has 0 radical (unpaired) electrons. The van der Waals surface area contributed by atoms with Gasteiger partial charge in [-0.25, -0.2) is 0 Å². The highest BCUT2D eigenvalue weighted by atomic mass is 35.5. The average Bonchev–Trinajstić information content (AvgIpc) is 3.93. The highest BCUT2D eigenvalue weighted by molar-refractivity contribution is 6.31. The standard InChI is InChI=1S/C43H44ClN5O8/c1-24-30(5-3-6-31(24)37-17-26-15-28(23-49-13-11-25(22-49)43(53)54)39(56-14-12-45)19-36(26)47-37)32-7-4-8-34-33(32)9-10-38(34)57-42-35(44)16-27(41(48-42)55-2)20-46-21-29(50)18-40(51)52/h3-8,15-17,19,25,29,38,46-47,50H,9-11,13-14,18,20-23H2,1-2H3,(H,51,52)(H,53,54)/t25-,29-,38-/m0/s1. The molecule has 3 atom stereocenters. The number of pyridine rings is 1. The SMILES string of the molecule is COc1nc(O[C@H]2CCc3c(-c4cccc(-c5cc6cc(CN7CC[C@H](C(=O)O)C7)c(OCC#N)cc6[nH]5)c4C)cccc32)c(Cl)cc1CNC[C@@H](O)CC(=O)O. The Morgan fingerprint density at radius 1 is 1.07 bits per heavy atom. The predicted octanol–water partition coefficient (Wildman–Crippen LogP) is 6.67. The van der Waals surface area contributed by atoms with Crippen molar-refractivity contribution in [3.63, 3.8) is 0 Å². The van der Waals surface area contributed by atoms with E-state index < -0.39 is 18.0 Å². The molecule has 13 nitrogen and oxygen atoms in total. The quantitative estimate of drug-likeness (QED) is 0.0715. The number of hydrogen-bond donors (Lipinski definition) is 5. The molecular weight excluding hydrogens is 750 g/mol. The molecule has 14 heteroatoms. The molecule has 1 aliphatic heterocycles. The smallest absolute Gasteiger partial charge is 0.307 e. The second kappa shape index (κ2) is 17.2. The van der Waals surface area contributed by atoms with Crippen LogP contribution in [-0.2, 0) is 29.1 Å². The normalized spacial score (nSPS) is 17.0. The summed E-state index contributed by atoms with van der Waals surface area (Å²) in [7, 11) is 1.50. The van der Waals surface area contributed by atoms with Gasteiger partial charge in [0, 0.05) is 65.5 Å². The molecule has 2 aliphatic rings. The number of ether oxygens (including phenoxy) is 3. The monoisotopic (exact) mass is 793 g/mol. The molecule has 7 rings (SSSR count). The van der Waals surface area contributed by atoms with Crippen molar-refractivity contribution in [3.8, 4) is 46.0 Å². The van der Waals surface area contributed by atoms with Crippen molar-refractivity contribution in [2.24, 2.45) is 5.92 Å². The van der Waals surface area contributed by atoms with Crippen LogP contribution in [0.25, 0.3) is 33.3 Å². The summed E-state index contributed by atoms with van der Waals surface area (Å²) in [5.74, 6) is -1.07. The second-order valence-electron chi connectivity index (χ2n) is 14.6. The van der Waals surface area contributed by atoms with Crippen LogP contribution < -0.4 is 19.5 Å². The minimum absolute atomic E-state index is 0.0794. The van der Waals surface area contributed by atoms with Gasteiger partial charge in [0.1, 0.15) is 22.9 Å². The van der Waals surface area contributed by atoms with Gasteiger partial charge in [-0.3, -0.25) is 14.5 Å². The Labute approximate surface area is 334 Å². The number of methoxy groups -OCH3 is 1. The predicted molar refractivity (Wildman–Crippen MR) is 213 cm³/mol. The molecule has 0 saturated carbocycles. The Morgan fingerprint density at radius 3 is 2.61 bits per heavy atom. The van der Waals surface area contributed by atoms with E-state index in [4.69, 9.17) is 30.9 Å². The molecule has 3 heterocycles. The number of rotatable bonds is 16. The van der Waals surface area contributed by atoms with E-state index in [0.29, 0.717) is 48.3 Å². The molecule has 296 valence electrons. The number of likely N-dealkylation sites (tertiary alicyclic amines) is 1. The lowest BCUT2D eigenvalue weighted by Gasteiger charge is -2.18. The number of nitrogens with one attached hydrogen (secondary N) is 2. The Morgan fingerprint density at radius 2 is 1.86 bits per heavy atom. The fourth-order valence-corrected chi connectivity index (χ4v) is 8.23. The number of H-pyrrole nitrogens is 1. The molecule has 5 aromatic rings. The summed E-state index contributed by atoms with van der Waals surface area (Å²) >= 11 is 6.68. The molecule has 1 fully saturated rings. The van der Waals surface area contributed by atoms with Gasteiger partial charge in [-0.2, -0.15) is 10.2 Å². The highest BCUT2D eigenvalue weighted by Gasteiger charge is 2.30. The van der Waals surface area contributed by atoms with Crippen LogP contribution in [0, 0.1) is 24.2 Å². The van der Waals surface area contributed by atoms with Crippen molar-refractivity contribution in [1.82, 2.24) is 20.2 Å². The van der Waals surface area contributed by atoms with E-state index in [1.807, 2.05) is 12.1 Å². The molecule has 2 aromatic heterocycles. The molecule has 0 unspecified atom stereocenters. The van der Waals surface area contributed by atoms with Gasteiger partial charge in [0.15, 0.2) is 6.61 Å². The Balaban J connectivity index is 1.12. The number of nitriles is 1. The Hall–Kier alpha value is -5.65. The fraction of sp³-hybridized carbons (Fsp3) is 0.349. The second-order valence-corrected chi connectivity index (χ2v) is 15.0. The number of aromatic amines is 1. The van der Waals surface area contributed by atoms with Crippen molar-refractivity contribution in [1.29, 1.82) is 5.26 Å². The largest absolute Gasteiger partial charge is 0.481 e. The highest BCUT2D eigenvalue weighted by Crippen LogP contribution is 2.43. The number of fused-ring (bicyclic) bond motifs is 2. The molecule has 57 heavy (non-hydrogen) atoms. The molecule has 0 spiro atoms. The number of hydrogen-bond acceptors (Lipinski definition) is 10. The molecular formula is C43H44ClN5O8. The lowest BCUT2D eigenvalue weighted by atomic mass is 9.91. The van der Waals surface area contributed by atoms with Crippen LogP contribution in [0.15, 0.2) is 60.7 Å². The summed E-state index contributed by atoms with van der Waals surface area (Å²) in [6.45, 7) is 4.06. The maximum Gasteiger partial charge on any atom is 0.307 e. The summed E-state index contributed by atoms with van der Waals surface area (Å²) < 4.78 is 17.8. The van der Waals surface area contributed by atoms with E-state index in [1.165, 1.54) is 12.7 Å². The number of carboxylic acids is 2. The lowest BCUT2D eigenvalue weighted by Crippen LogP contribution is -2.28. The molecule has 1 saturated heterocycles. The summed E-state index contributed by atoms with van der Waals surface area (Å²) in [5, 5.41) is 41.9. The summed E-state index contributed by atoms with van der Waals surface area (Å²) in [6, 6.07) is 22.4. The van der Waals surface area contributed by atoms with Crippen LogP contribution in [0.2, 0.25) is 5.02 Å². The van der Waals surface area contributed by atoms with Gasteiger partial charge in [0.2, 0.25) is 11.8 Å². The number of aliphatic hydroxyl groups is 1. The third-order valence-corrected chi connectivity index (χ3v) is 11.0. The van der Waals surface area contributed by atoms with Crippen LogP contribution >= 0.6 is 11.6 Å². The first-order valence-electron chi connectivity index (χ1n) is 18.9. The van der Waals surface area contributed by atoms with Crippen LogP contribution in [0.1, 0.15) is 53.2 Å². The topological polar surface area (TPSA) is 190 Å². The number of carboxylic acid groups (broad SMARTS) is 2. The first-order valence-corrected chi connectivity index (χ1v) is 19.2. The van der Waals surface area contributed by atoms with Gasteiger partial charge in [-0.05, 0) is 78.7 Å². The maximum atomic E-state index is 11.6. The number of halogens is 1. The van der Waals surface area contributed by atoms with E-state index in [0.717, 1.165) is 62.8 Å². The van der Waals surface area contributed by atoms with Crippen LogP contribution in [0.5, 0.6) is 17.5 Å². The van der Waals surface area contributed by atoms with Gasteiger partial charge in [-0.1, -0.05) is 48.0 Å². The molecule has 1 aliphatic carbocycles. The van der Waals surface area contributed by atoms with Gasteiger partial charge < -0.3 is 39.8 Å². The van der Waals surface area contributed by atoms with E-state index in [9.17, 15) is 25.1 Å². The fourth-order valence-electron chi connectivity index (χ4n) is 8.01. The van der Waals surface area contributed by atoms with Crippen molar-refractivity contribution < 1.29 is 39.1 Å². The van der Waals surface area contributed by atoms with Crippen molar-refractivity contribution >= 4 is 34.4 Å². The summed E-state index contributed by atoms with van der Waals surface area (Å²) in [5.41, 5.74) is 10.00. The van der Waals surface area contributed by atoms with Gasteiger partial charge in [0.05, 0.1) is 25.6 Å². The first-order chi connectivity index (χ1) is 27.5. The average molecular weight is 794 g/mol. The zero-order valence-electron chi connectivity index (χ0n) is 31.7. The minimum Gasteiger partial charge on any atom is -0.481 e. The lowest BCUT2D eigenvalue weighted by molar-refractivity contribution is -0.141. The third kappa shape index (κ3) is 8.69. The van der Waals surface area contributed by atoms with Crippen molar-refractivity contribution in [3.05, 3.63) is 93.5 Å². The Kier molecular flexibility index (Phi) is 12.0. The summed E-state index contributed by atoms with van der Waals surface area (Å²) in [6.07, 6.45) is 0.443. The number of nitrogens with zero attached hydrogens (tertiary/aromatic N) is 3.